The quantitative estimate of drug-likeness (QED) is 0.391. The topological polar surface area (TPSA) is 152 Å². The van der Waals surface area contributed by atoms with Crippen molar-refractivity contribution in [3.63, 3.8) is 0 Å². The van der Waals surface area contributed by atoms with Crippen molar-refractivity contribution < 1.29 is 96.7 Å². The molecule has 0 saturated carbocycles. The van der Waals surface area contributed by atoms with Gasteiger partial charge in [-0.15, -0.1) is 0 Å². The molecule has 0 heterocycles. The second kappa shape index (κ2) is 12.0. The molecule has 11 heteroatoms. The molecule has 82 valence electrons. The van der Waals surface area contributed by atoms with Crippen LogP contribution in [0.3, 0.4) is 0 Å². The minimum Gasteiger partial charge on any atom is -0.550 e. The number of carboxylic acids is 2. The van der Waals surface area contributed by atoms with Crippen LogP contribution in [0.5, 0.6) is 0 Å². The molecule has 1 atom stereocenters. The van der Waals surface area contributed by atoms with E-state index in [0.29, 0.717) is 0 Å². The van der Waals surface area contributed by atoms with E-state index in [1.165, 1.54) is 0 Å². The summed E-state index contributed by atoms with van der Waals surface area (Å²) < 4.78 is 28.5. The van der Waals surface area contributed by atoms with Gasteiger partial charge < -0.3 is 24.6 Å². The van der Waals surface area contributed by atoms with Gasteiger partial charge in [-0.05, 0) is 0 Å². The van der Waals surface area contributed by atoms with Crippen LogP contribution in [0.15, 0.2) is 0 Å². The van der Waals surface area contributed by atoms with E-state index in [2.05, 4.69) is 0 Å². The zero-order chi connectivity index (χ0) is 11.9. The number of carboxylic acid groups (broad SMARTS) is 2. The van der Waals surface area contributed by atoms with E-state index < -0.39 is 33.7 Å². The average Bonchev–Trinajstić information content (AvgIpc) is 2.01. The summed E-state index contributed by atoms with van der Waals surface area (Å²) in [4.78, 5) is 27.7. The van der Waals surface area contributed by atoms with Crippen molar-refractivity contribution in [3.8, 4) is 0 Å². The molecule has 0 aliphatic rings. The summed E-state index contributed by atoms with van der Waals surface area (Å²) in [5.74, 6) is -4.08. The van der Waals surface area contributed by atoms with Crippen molar-refractivity contribution in [2.45, 2.75) is 11.7 Å². The van der Waals surface area contributed by atoms with Crippen molar-refractivity contribution in [2.75, 3.05) is 0 Å². The molecule has 1 unspecified atom stereocenters. The van der Waals surface area contributed by atoms with Crippen LogP contribution in [0, 0.1) is 0 Å². The van der Waals surface area contributed by atoms with E-state index in [1.807, 2.05) is 6.79 Å². The SMILES string of the molecule is C=O.O=C([O-])CC(C(=O)[O-])S(=O)(=O)O.[Na+].[Na+]. The molecular weight excluding hydrogens is 266 g/mol. The van der Waals surface area contributed by atoms with E-state index in [0.717, 1.165) is 0 Å². The fraction of sp³-hybridized carbons (Fsp3) is 0.400. The molecule has 8 nitrogen and oxygen atoms in total. The molecule has 0 aromatic rings. The molecule has 0 aliphatic carbocycles. The van der Waals surface area contributed by atoms with Crippen LogP contribution < -0.4 is 69.3 Å². The maximum atomic E-state index is 10.2. The minimum absolute atomic E-state index is 0. The smallest absolute Gasteiger partial charge is 0.550 e. The largest absolute Gasteiger partial charge is 1.00 e. The van der Waals surface area contributed by atoms with Crippen LogP contribution in [-0.2, 0) is 24.5 Å². The van der Waals surface area contributed by atoms with Crippen LogP contribution in [0.2, 0.25) is 0 Å². The van der Waals surface area contributed by atoms with Gasteiger partial charge in [0, 0.05) is 12.4 Å². The van der Waals surface area contributed by atoms with E-state index in [9.17, 15) is 28.2 Å². The van der Waals surface area contributed by atoms with Crippen LogP contribution in [0.4, 0.5) is 0 Å². The Morgan fingerprint density at radius 1 is 1.19 bits per heavy atom. The minimum atomic E-state index is -4.94. The predicted octanol–water partition coefficient (Wildman–Crippen LogP) is -10.0. The molecule has 0 amide bonds. The van der Waals surface area contributed by atoms with Gasteiger partial charge in [-0.3, -0.25) is 4.55 Å². The summed E-state index contributed by atoms with van der Waals surface area (Å²) in [6.45, 7) is 2.00. The molecule has 0 spiro atoms. The molecule has 0 aliphatic heterocycles. The van der Waals surface area contributed by atoms with Gasteiger partial charge in [0.05, 0.1) is 5.97 Å². The zero-order valence-corrected chi connectivity index (χ0v) is 13.5. The van der Waals surface area contributed by atoms with Gasteiger partial charge in [0.1, 0.15) is 12.0 Å². The van der Waals surface area contributed by atoms with Gasteiger partial charge in [0.15, 0.2) is 0 Å². The fourth-order valence-electron chi connectivity index (χ4n) is 0.462. The molecule has 0 rings (SSSR count). The monoisotopic (exact) mass is 272 g/mol. The van der Waals surface area contributed by atoms with E-state index in [-0.39, 0.29) is 59.1 Å². The number of rotatable bonds is 4. The Hall–Kier alpha value is 0.520. The molecule has 16 heavy (non-hydrogen) atoms. The maximum Gasteiger partial charge on any atom is 1.00 e. The van der Waals surface area contributed by atoms with Crippen LogP contribution in [0.25, 0.3) is 0 Å². The molecule has 0 fully saturated rings. The summed E-state index contributed by atoms with van der Waals surface area (Å²) in [7, 11) is -4.94. The van der Waals surface area contributed by atoms with Crippen LogP contribution >= 0.6 is 0 Å². The van der Waals surface area contributed by atoms with Crippen molar-refractivity contribution in [2.24, 2.45) is 0 Å². The third-order valence-electron chi connectivity index (χ3n) is 0.975. The Labute approximate surface area is 136 Å². The molecule has 0 radical (unpaired) electrons. The number of carbonyl (C=O) groups excluding carboxylic acids is 3. The molecular formula is C5H6Na2O8S. The van der Waals surface area contributed by atoms with Crippen LogP contribution in [-0.4, -0.2) is 36.9 Å². The predicted molar refractivity (Wildman–Crippen MR) is 37.1 cm³/mol. The third-order valence-corrected chi connectivity index (χ3v) is 2.05. The Morgan fingerprint density at radius 2 is 1.50 bits per heavy atom. The normalized spacial score (nSPS) is 10.6. The van der Waals surface area contributed by atoms with Crippen molar-refractivity contribution in [1.82, 2.24) is 0 Å². The van der Waals surface area contributed by atoms with E-state index in [1.54, 1.807) is 0 Å². The second-order valence-corrected chi connectivity index (χ2v) is 3.50. The van der Waals surface area contributed by atoms with Gasteiger partial charge in [-0.2, -0.15) is 8.42 Å². The summed E-state index contributed by atoms with van der Waals surface area (Å²) in [5, 5.41) is 17.3. The van der Waals surface area contributed by atoms with Gasteiger partial charge in [-0.1, -0.05) is 0 Å². The molecule has 1 N–H and O–H groups in total. The average molecular weight is 272 g/mol. The number of aliphatic carboxylic acids is 2. The Morgan fingerprint density at radius 3 is 1.56 bits per heavy atom. The molecule has 0 aromatic carbocycles. The van der Waals surface area contributed by atoms with Crippen molar-refractivity contribution in [1.29, 1.82) is 0 Å². The molecule has 0 saturated heterocycles. The Bertz CT molecular complexity index is 312. The Kier molecular flexibility index (Phi) is 19.0. The first kappa shape index (κ1) is 25.4. The van der Waals surface area contributed by atoms with Gasteiger partial charge in [0.25, 0.3) is 10.1 Å². The van der Waals surface area contributed by atoms with Crippen molar-refractivity contribution >= 4 is 28.8 Å². The first-order valence-electron chi connectivity index (χ1n) is 2.91. The summed E-state index contributed by atoms with van der Waals surface area (Å²) >= 11 is 0. The summed E-state index contributed by atoms with van der Waals surface area (Å²) in [6.07, 6.45) is -1.33. The first-order chi connectivity index (χ1) is 6.25. The molecule has 0 aromatic heterocycles. The number of hydrogen-bond acceptors (Lipinski definition) is 7. The van der Waals surface area contributed by atoms with Gasteiger partial charge in [-0.25, -0.2) is 0 Å². The summed E-state index contributed by atoms with van der Waals surface area (Å²) in [5.41, 5.74) is 0. The van der Waals surface area contributed by atoms with Crippen LogP contribution in [0.1, 0.15) is 6.42 Å². The van der Waals surface area contributed by atoms with Crippen molar-refractivity contribution in [3.05, 3.63) is 0 Å². The fourth-order valence-corrected chi connectivity index (χ4v) is 1.05. The van der Waals surface area contributed by atoms with E-state index >= 15 is 0 Å². The molecule has 0 bridgehead atoms. The summed E-state index contributed by atoms with van der Waals surface area (Å²) in [6, 6.07) is 0. The second-order valence-electron chi connectivity index (χ2n) is 1.90. The van der Waals surface area contributed by atoms with E-state index in [4.69, 9.17) is 9.35 Å². The maximum absolute atomic E-state index is 10.2. The zero-order valence-electron chi connectivity index (χ0n) is 8.70. The standard InChI is InChI=1S/C4H6O7S.CH2O.2Na/c5-3(6)1-2(4(7)8)12(9,10)11;1-2;;/h2H,1H2,(H,5,6)(H,7,8)(H,9,10,11);1H2;;/q;;2*+1/p-2. The van der Waals surface area contributed by atoms with Gasteiger partial charge in [0.2, 0.25) is 0 Å². The third kappa shape index (κ3) is 12.6. The number of hydrogen-bond donors (Lipinski definition) is 1. The Balaban J connectivity index is -0.000000169. The first-order valence-corrected chi connectivity index (χ1v) is 4.41. The number of carbonyl (C=O) groups is 3. The van der Waals surface area contributed by atoms with Gasteiger partial charge >= 0.3 is 59.1 Å².